The zero-order valence-electron chi connectivity index (χ0n) is 20.4. The first-order chi connectivity index (χ1) is 18.8. The van der Waals surface area contributed by atoms with E-state index in [9.17, 15) is 0 Å². The van der Waals surface area contributed by atoms with Gasteiger partial charge in [0.05, 0.1) is 11.3 Å². The van der Waals surface area contributed by atoms with Gasteiger partial charge < -0.3 is 19.1 Å². The summed E-state index contributed by atoms with van der Waals surface area (Å²) >= 11 is 0. The zero-order chi connectivity index (χ0) is 25.1. The monoisotopic (exact) mass is 681 g/mol. The van der Waals surface area contributed by atoms with E-state index >= 15 is 0 Å². The van der Waals surface area contributed by atoms with Crippen molar-refractivity contribution in [2.45, 2.75) is 0 Å². The fraction of sp³-hybridized carbons (Fsp3) is 0. The van der Waals surface area contributed by atoms with Crippen LogP contribution in [0.2, 0.25) is 0 Å². The normalized spacial score (nSPS) is 11.4. The van der Waals surface area contributed by atoms with Crippen LogP contribution in [0.3, 0.4) is 0 Å². The fourth-order valence-electron chi connectivity index (χ4n) is 5.19. The van der Waals surface area contributed by atoms with E-state index in [2.05, 4.69) is 64.6 Å². The van der Waals surface area contributed by atoms with Crippen LogP contribution >= 0.6 is 0 Å². The summed E-state index contributed by atoms with van der Waals surface area (Å²) in [5, 5.41) is 7.21. The maximum Gasteiger partial charge on any atom is 2.00 e. The molecule has 4 nitrogen and oxygen atoms in total. The Morgan fingerprint density at radius 3 is 2.49 bits per heavy atom. The van der Waals surface area contributed by atoms with Crippen molar-refractivity contribution < 1.29 is 30.2 Å². The molecule has 0 aliphatic heterocycles. The van der Waals surface area contributed by atoms with E-state index in [4.69, 9.17) is 9.15 Å². The molecule has 39 heavy (non-hydrogen) atoms. The van der Waals surface area contributed by atoms with Crippen LogP contribution < -0.4 is 4.74 Å². The van der Waals surface area contributed by atoms with Gasteiger partial charge in [-0.3, -0.25) is 0 Å². The Kier molecular flexibility index (Phi) is 5.64. The largest absolute Gasteiger partial charge is 2.00 e. The molecule has 0 aliphatic rings. The summed E-state index contributed by atoms with van der Waals surface area (Å²) in [6.07, 6.45) is 3.70. The molecular formula is C34H18N2O2Pt. The SMILES string of the molecule is [Pt+2].[c-]1c(Oc2[c-]c3c(ccc4cccnc43)c3c2oc2ccccc23)cccc1-c1cc2ccccc2cn1. The molecule has 0 aliphatic carbocycles. The van der Waals surface area contributed by atoms with E-state index in [-0.39, 0.29) is 21.1 Å². The van der Waals surface area contributed by atoms with Gasteiger partial charge in [0.25, 0.3) is 0 Å². The average molecular weight is 682 g/mol. The number of pyridine rings is 2. The van der Waals surface area contributed by atoms with Gasteiger partial charge in [-0.25, -0.2) is 0 Å². The third kappa shape index (κ3) is 3.88. The van der Waals surface area contributed by atoms with E-state index < -0.39 is 0 Å². The van der Waals surface area contributed by atoms with Crippen LogP contribution in [-0.4, -0.2) is 9.97 Å². The Hall–Kier alpha value is -4.53. The maximum absolute atomic E-state index is 6.47. The van der Waals surface area contributed by atoms with Gasteiger partial charge >= 0.3 is 21.1 Å². The maximum atomic E-state index is 6.47. The van der Waals surface area contributed by atoms with Crippen molar-refractivity contribution >= 4 is 54.4 Å². The summed E-state index contributed by atoms with van der Waals surface area (Å²) in [6.45, 7) is 0. The fourth-order valence-corrected chi connectivity index (χ4v) is 5.19. The van der Waals surface area contributed by atoms with Crippen LogP contribution in [-0.2, 0) is 21.1 Å². The molecule has 0 saturated heterocycles. The number of rotatable bonds is 3. The van der Waals surface area contributed by atoms with Crippen molar-refractivity contribution in [3.8, 4) is 22.8 Å². The number of para-hydroxylation sites is 1. The summed E-state index contributed by atoms with van der Waals surface area (Å²) < 4.78 is 12.8. The molecule has 8 aromatic rings. The quantitative estimate of drug-likeness (QED) is 0.138. The Bertz CT molecular complexity index is 2180. The molecule has 5 aromatic carbocycles. The van der Waals surface area contributed by atoms with Crippen molar-refractivity contribution in [1.29, 1.82) is 0 Å². The average Bonchev–Trinajstić information content (AvgIpc) is 3.37. The van der Waals surface area contributed by atoms with Gasteiger partial charge in [-0.1, -0.05) is 84.2 Å². The Morgan fingerprint density at radius 1 is 0.692 bits per heavy atom. The van der Waals surface area contributed by atoms with Gasteiger partial charge in [0.1, 0.15) is 5.58 Å². The van der Waals surface area contributed by atoms with Crippen molar-refractivity contribution in [3.05, 3.63) is 122 Å². The minimum absolute atomic E-state index is 0. The molecule has 3 aromatic heterocycles. The third-order valence-corrected chi connectivity index (χ3v) is 6.97. The molecule has 0 amide bonds. The molecule has 0 N–H and O–H groups in total. The standard InChI is InChI=1S/C34H18N2O2.Pt/c1-2-8-24-20-36-29(18-22(24)7-1)23-9-5-11-25(17-23)37-31-19-28-26(15-14-21-10-6-16-35-33(21)28)32-27-12-3-4-13-30(27)38-34(31)32;/h1-16,18,20H;/q-2;+2. The number of benzene rings is 5. The molecule has 0 fully saturated rings. The Balaban J connectivity index is 0.00000253. The second kappa shape index (κ2) is 9.34. The van der Waals surface area contributed by atoms with Gasteiger partial charge in [0.15, 0.2) is 0 Å². The van der Waals surface area contributed by atoms with Crippen molar-refractivity contribution in [2.75, 3.05) is 0 Å². The van der Waals surface area contributed by atoms with Crippen molar-refractivity contribution in [3.63, 3.8) is 0 Å². The first-order valence-electron chi connectivity index (χ1n) is 12.4. The third-order valence-electron chi connectivity index (χ3n) is 6.97. The molecule has 0 spiro atoms. The second-order valence-electron chi connectivity index (χ2n) is 9.27. The van der Waals surface area contributed by atoms with Crippen LogP contribution in [0.1, 0.15) is 0 Å². The Labute approximate surface area is 238 Å². The minimum atomic E-state index is 0. The molecule has 0 bridgehead atoms. The van der Waals surface area contributed by atoms with Crippen LogP contribution in [0.5, 0.6) is 11.5 Å². The molecule has 0 atom stereocenters. The van der Waals surface area contributed by atoms with Crippen LogP contribution in [0.25, 0.3) is 65.6 Å². The summed E-state index contributed by atoms with van der Waals surface area (Å²) in [4.78, 5) is 9.33. The second-order valence-corrected chi connectivity index (χ2v) is 9.27. The van der Waals surface area contributed by atoms with E-state index in [0.717, 1.165) is 60.1 Å². The smallest absolute Gasteiger partial charge is 0.497 e. The first-order valence-corrected chi connectivity index (χ1v) is 12.4. The summed E-state index contributed by atoms with van der Waals surface area (Å²) in [5.74, 6) is 1.06. The van der Waals surface area contributed by atoms with E-state index in [1.54, 1.807) is 0 Å². The van der Waals surface area contributed by atoms with Gasteiger partial charge in [0, 0.05) is 23.5 Å². The number of furan rings is 1. The number of hydrogen-bond donors (Lipinski definition) is 0. The molecular weight excluding hydrogens is 663 g/mol. The van der Waals surface area contributed by atoms with Crippen LogP contribution in [0.4, 0.5) is 0 Å². The van der Waals surface area contributed by atoms with E-state index in [1.165, 1.54) is 0 Å². The summed E-state index contributed by atoms with van der Waals surface area (Å²) in [7, 11) is 0. The van der Waals surface area contributed by atoms with Crippen molar-refractivity contribution in [1.82, 2.24) is 9.97 Å². The summed E-state index contributed by atoms with van der Waals surface area (Å²) in [6, 6.07) is 39.2. The predicted octanol–water partition coefficient (Wildman–Crippen LogP) is 8.89. The number of hydrogen-bond acceptors (Lipinski definition) is 4. The van der Waals surface area contributed by atoms with Gasteiger partial charge in [0.2, 0.25) is 0 Å². The molecule has 0 radical (unpaired) electrons. The van der Waals surface area contributed by atoms with Gasteiger partial charge in [-0.15, -0.1) is 29.1 Å². The Morgan fingerprint density at radius 2 is 1.54 bits per heavy atom. The molecule has 3 heterocycles. The zero-order valence-corrected chi connectivity index (χ0v) is 22.7. The molecule has 186 valence electrons. The molecule has 8 rings (SSSR count). The molecule has 5 heteroatoms. The van der Waals surface area contributed by atoms with Crippen LogP contribution in [0.15, 0.2) is 114 Å². The number of nitrogens with zero attached hydrogens (tertiary/aromatic N) is 2. The van der Waals surface area contributed by atoms with E-state index in [1.807, 2.05) is 67.0 Å². The predicted molar refractivity (Wildman–Crippen MR) is 151 cm³/mol. The van der Waals surface area contributed by atoms with Gasteiger partial charge in [-0.05, 0) is 44.9 Å². The number of aromatic nitrogens is 2. The number of ether oxygens (including phenoxy) is 1. The molecule has 0 unspecified atom stereocenters. The topological polar surface area (TPSA) is 48.2 Å². The minimum Gasteiger partial charge on any atom is -0.497 e. The molecule has 0 saturated carbocycles. The first kappa shape index (κ1) is 23.6. The van der Waals surface area contributed by atoms with Crippen LogP contribution in [0, 0.1) is 12.1 Å². The number of fused-ring (bicyclic) bond motifs is 8. The van der Waals surface area contributed by atoms with E-state index in [0.29, 0.717) is 17.1 Å². The van der Waals surface area contributed by atoms with Gasteiger partial charge in [-0.2, -0.15) is 0 Å². The van der Waals surface area contributed by atoms with Crippen molar-refractivity contribution in [2.24, 2.45) is 0 Å². The summed E-state index contributed by atoms with van der Waals surface area (Å²) in [5.41, 5.74) is 4.01.